The number of likely N-dealkylation sites (tertiary alicyclic amines) is 1. The topological polar surface area (TPSA) is 21.7 Å². The maximum Gasteiger partial charge on any atom is 0.192 e. The number of hydrogen-bond donors (Lipinski definition) is 0. The van der Waals surface area contributed by atoms with Gasteiger partial charge >= 0.3 is 0 Å². The average Bonchev–Trinajstić information content (AvgIpc) is 2.86. The summed E-state index contributed by atoms with van der Waals surface area (Å²) in [6, 6.07) is 10.8. The molecule has 0 unspecified atom stereocenters. The number of rotatable bonds is 6. The van der Waals surface area contributed by atoms with Crippen LogP contribution in [0.1, 0.15) is 47.1 Å². The molecule has 2 atom stereocenters. The first kappa shape index (κ1) is 23.8. The van der Waals surface area contributed by atoms with E-state index in [2.05, 4.69) is 103 Å². The van der Waals surface area contributed by atoms with Crippen molar-refractivity contribution < 1.29 is 8.85 Å². The zero-order chi connectivity index (χ0) is 21.4. The van der Waals surface area contributed by atoms with Gasteiger partial charge in [0, 0.05) is 19.6 Å². The van der Waals surface area contributed by atoms with Crippen LogP contribution in [0.4, 0.5) is 0 Å². The molecule has 3 nitrogen and oxygen atoms in total. The van der Waals surface area contributed by atoms with Gasteiger partial charge in [0.2, 0.25) is 0 Å². The lowest BCUT2D eigenvalue weighted by Gasteiger charge is -2.43. The molecule has 28 heavy (non-hydrogen) atoms. The minimum Gasteiger partial charge on any atom is -0.410 e. The second-order valence-electron chi connectivity index (χ2n) is 11.5. The van der Waals surface area contributed by atoms with E-state index in [4.69, 9.17) is 8.85 Å². The summed E-state index contributed by atoms with van der Waals surface area (Å²) in [6.45, 7) is 26.2. The quantitative estimate of drug-likeness (QED) is 0.504. The predicted octanol–water partition coefficient (Wildman–Crippen LogP) is 6.28. The lowest BCUT2D eigenvalue weighted by Crippen LogP contribution is -2.51. The van der Waals surface area contributed by atoms with Crippen LogP contribution in [-0.4, -0.2) is 46.8 Å². The highest BCUT2D eigenvalue weighted by Gasteiger charge is 2.47. The molecule has 1 heterocycles. The van der Waals surface area contributed by atoms with Gasteiger partial charge in [-0.3, -0.25) is 4.90 Å². The van der Waals surface area contributed by atoms with Crippen LogP contribution >= 0.6 is 0 Å². The maximum atomic E-state index is 6.90. The smallest absolute Gasteiger partial charge is 0.192 e. The number of nitrogens with zero attached hydrogens (tertiary/aromatic N) is 1. The Bertz CT molecular complexity index is 596. The highest BCUT2D eigenvalue weighted by molar-refractivity contribution is 6.74. The molecule has 2 rings (SSSR count). The SMILES string of the molecule is CC(C)(C)[Si](C)(C)O[C@@H]1CN(Cc2ccccc2)C[C@H]1O[Si](C)(C)C(C)(C)C. The molecule has 0 aromatic heterocycles. The van der Waals surface area contributed by atoms with Crippen LogP contribution in [0.5, 0.6) is 0 Å². The first-order valence-electron chi connectivity index (χ1n) is 10.7. The Morgan fingerprint density at radius 1 is 0.786 bits per heavy atom. The van der Waals surface area contributed by atoms with E-state index in [1.54, 1.807) is 0 Å². The molecule has 1 fully saturated rings. The van der Waals surface area contributed by atoms with Gasteiger partial charge in [-0.05, 0) is 41.8 Å². The largest absolute Gasteiger partial charge is 0.410 e. The van der Waals surface area contributed by atoms with E-state index < -0.39 is 16.6 Å². The summed E-state index contributed by atoms with van der Waals surface area (Å²) >= 11 is 0. The molecule has 0 N–H and O–H groups in total. The van der Waals surface area contributed by atoms with Crippen LogP contribution in [-0.2, 0) is 15.4 Å². The monoisotopic (exact) mass is 421 g/mol. The zero-order valence-electron chi connectivity index (χ0n) is 19.9. The first-order valence-corrected chi connectivity index (χ1v) is 16.6. The minimum atomic E-state index is -1.85. The normalized spacial score (nSPS) is 22.6. The molecule has 1 aliphatic heterocycles. The minimum absolute atomic E-state index is 0.165. The van der Waals surface area contributed by atoms with Crippen LogP contribution in [0.15, 0.2) is 30.3 Å². The summed E-state index contributed by atoms with van der Waals surface area (Å²) < 4.78 is 13.8. The first-order chi connectivity index (χ1) is 12.6. The molecule has 0 saturated carbocycles. The van der Waals surface area contributed by atoms with Gasteiger partial charge < -0.3 is 8.85 Å². The molecule has 1 aliphatic rings. The highest BCUT2D eigenvalue weighted by atomic mass is 28.4. The summed E-state index contributed by atoms with van der Waals surface area (Å²) in [5.41, 5.74) is 1.36. The van der Waals surface area contributed by atoms with Crippen molar-refractivity contribution in [2.45, 2.75) is 96.6 Å². The summed E-state index contributed by atoms with van der Waals surface area (Å²) in [5, 5.41) is 0.419. The van der Waals surface area contributed by atoms with Gasteiger partial charge in [0.1, 0.15) is 0 Å². The second kappa shape index (κ2) is 8.34. The molecular weight excluding hydrogens is 378 g/mol. The Morgan fingerprint density at radius 3 is 1.54 bits per heavy atom. The van der Waals surface area contributed by atoms with Crippen molar-refractivity contribution in [1.82, 2.24) is 4.90 Å². The van der Waals surface area contributed by atoms with Crippen molar-refractivity contribution in [3.63, 3.8) is 0 Å². The van der Waals surface area contributed by atoms with Crippen LogP contribution in [0, 0.1) is 0 Å². The molecule has 0 aliphatic carbocycles. The van der Waals surface area contributed by atoms with Crippen molar-refractivity contribution in [2.75, 3.05) is 13.1 Å². The van der Waals surface area contributed by atoms with E-state index in [9.17, 15) is 0 Å². The van der Waals surface area contributed by atoms with Crippen molar-refractivity contribution in [3.8, 4) is 0 Å². The van der Waals surface area contributed by atoms with E-state index >= 15 is 0 Å². The molecule has 160 valence electrons. The van der Waals surface area contributed by atoms with E-state index in [0.29, 0.717) is 0 Å². The fourth-order valence-corrected chi connectivity index (χ4v) is 5.80. The standard InChI is InChI=1S/C23H43NO2Si2/c1-22(2,3)27(7,8)25-20-17-24(16-19-14-12-11-13-15-19)18-21(20)26-28(9,10)23(4,5)6/h11-15,20-21H,16-18H2,1-10H3/t20-,21-/m1/s1. The zero-order valence-corrected chi connectivity index (χ0v) is 21.9. The summed E-state index contributed by atoms with van der Waals surface area (Å²) in [5.74, 6) is 0. The Morgan fingerprint density at radius 2 is 1.18 bits per heavy atom. The predicted molar refractivity (Wildman–Crippen MR) is 126 cm³/mol. The molecule has 1 aromatic carbocycles. The number of hydrogen-bond acceptors (Lipinski definition) is 3. The van der Waals surface area contributed by atoms with Crippen molar-refractivity contribution in [2.24, 2.45) is 0 Å². The van der Waals surface area contributed by atoms with Gasteiger partial charge in [0.15, 0.2) is 16.6 Å². The van der Waals surface area contributed by atoms with Gasteiger partial charge in [0.25, 0.3) is 0 Å². The van der Waals surface area contributed by atoms with Crippen LogP contribution in [0.25, 0.3) is 0 Å². The molecule has 1 saturated heterocycles. The Labute approximate surface area is 176 Å². The van der Waals surface area contributed by atoms with Crippen molar-refractivity contribution in [1.29, 1.82) is 0 Å². The van der Waals surface area contributed by atoms with Gasteiger partial charge in [-0.1, -0.05) is 71.9 Å². The van der Waals surface area contributed by atoms with Crippen LogP contribution < -0.4 is 0 Å². The fraction of sp³-hybridized carbons (Fsp3) is 0.739. The third-order valence-electron chi connectivity index (χ3n) is 7.04. The Kier molecular flexibility index (Phi) is 7.09. The summed E-state index contributed by atoms with van der Waals surface area (Å²) in [4.78, 5) is 2.52. The Balaban J connectivity index is 2.19. The lowest BCUT2D eigenvalue weighted by atomic mass is 10.2. The summed E-state index contributed by atoms with van der Waals surface area (Å²) in [6.07, 6.45) is 0.331. The van der Waals surface area contributed by atoms with Gasteiger partial charge in [-0.2, -0.15) is 0 Å². The molecule has 5 heteroatoms. The van der Waals surface area contributed by atoms with Crippen molar-refractivity contribution in [3.05, 3.63) is 35.9 Å². The Hall–Kier alpha value is -0.466. The molecule has 0 spiro atoms. The highest BCUT2D eigenvalue weighted by Crippen LogP contribution is 2.41. The summed E-state index contributed by atoms with van der Waals surface area (Å²) in [7, 11) is -3.69. The molecule has 1 aromatic rings. The molecule has 0 amide bonds. The van der Waals surface area contributed by atoms with Crippen LogP contribution in [0.2, 0.25) is 36.3 Å². The van der Waals surface area contributed by atoms with E-state index in [-0.39, 0.29) is 22.3 Å². The maximum absolute atomic E-state index is 6.90. The molecule has 0 radical (unpaired) electrons. The lowest BCUT2D eigenvalue weighted by molar-refractivity contribution is 0.0713. The number of benzene rings is 1. The van der Waals surface area contributed by atoms with E-state index in [0.717, 1.165) is 19.6 Å². The molecule has 0 bridgehead atoms. The fourth-order valence-electron chi connectivity index (χ4n) is 3.13. The van der Waals surface area contributed by atoms with E-state index in [1.165, 1.54) is 5.56 Å². The van der Waals surface area contributed by atoms with Gasteiger partial charge in [0.05, 0.1) is 12.2 Å². The van der Waals surface area contributed by atoms with Gasteiger partial charge in [-0.15, -0.1) is 0 Å². The average molecular weight is 422 g/mol. The van der Waals surface area contributed by atoms with Gasteiger partial charge in [-0.25, -0.2) is 0 Å². The molecular formula is C23H43NO2Si2. The van der Waals surface area contributed by atoms with E-state index in [1.807, 2.05) is 0 Å². The third kappa shape index (κ3) is 5.79. The second-order valence-corrected chi connectivity index (χ2v) is 21.0. The van der Waals surface area contributed by atoms with Crippen LogP contribution in [0.3, 0.4) is 0 Å². The van der Waals surface area contributed by atoms with Crippen molar-refractivity contribution >= 4 is 16.6 Å². The third-order valence-corrected chi connectivity index (χ3v) is 16.1.